The van der Waals surface area contributed by atoms with Gasteiger partial charge in [-0.05, 0) is 6.92 Å². The van der Waals surface area contributed by atoms with E-state index in [-0.39, 0.29) is 5.69 Å². The fourth-order valence-corrected chi connectivity index (χ4v) is 1.28. The van der Waals surface area contributed by atoms with Crippen molar-refractivity contribution in [3.8, 4) is 5.82 Å². The first-order chi connectivity index (χ1) is 6.70. The molecule has 0 aliphatic heterocycles. The van der Waals surface area contributed by atoms with Crippen LogP contribution in [0.4, 0.5) is 0 Å². The lowest BCUT2D eigenvalue weighted by molar-refractivity contribution is 0.910. The Morgan fingerprint density at radius 1 is 1.50 bits per heavy atom. The molecule has 72 valence electrons. The summed E-state index contributed by atoms with van der Waals surface area (Å²) in [5.74, 6) is 0.497. The molecule has 0 aromatic carbocycles. The van der Waals surface area contributed by atoms with Gasteiger partial charge in [-0.2, -0.15) is 0 Å². The zero-order chi connectivity index (χ0) is 10.1. The highest BCUT2D eigenvalue weighted by Crippen LogP contribution is 2.15. The normalized spacial score (nSPS) is 10.4. The Bertz CT molecular complexity index is 516. The van der Waals surface area contributed by atoms with Crippen molar-refractivity contribution in [3.63, 3.8) is 0 Å². The molecule has 0 atom stereocenters. The van der Waals surface area contributed by atoms with Crippen molar-refractivity contribution in [2.75, 3.05) is 0 Å². The Morgan fingerprint density at radius 2 is 2.29 bits per heavy atom. The summed E-state index contributed by atoms with van der Waals surface area (Å²) in [5, 5.41) is 0.350. The summed E-state index contributed by atoms with van der Waals surface area (Å²) < 4.78 is 1.38. The first kappa shape index (κ1) is 8.96. The average molecular weight is 211 g/mol. The second-order valence-electron chi connectivity index (χ2n) is 2.75. The summed E-state index contributed by atoms with van der Waals surface area (Å²) >= 11 is 5.81. The third-order valence-electron chi connectivity index (χ3n) is 1.87. The van der Waals surface area contributed by atoms with Crippen molar-refractivity contribution in [2.24, 2.45) is 0 Å². The van der Waals surface area contributed by atoms with E-state index in [1.54, 1.807) is 13.1 Å². The molecule has 2 aromatic heterocycles. The molecule has 6 heteroatoms. The van der Waals surface area contributed by atoms with Gasteiger partial charge in [0.1, 0.15) is 17.3 Å². The highest BCUT2D eigenvalue weighted by Gasteiger charge is 2.08. The van der Waals surface area contributed by atoms with E-state index in [1.807, 2.05) is 0 Å². The number of imidazole rings is 1. The number of nitrogens with one attached hydrogen (secondary N) is 1. The molecule has 0 bridgehead atoms. The second-order valence-corrected chi connectivity index (χ2v) is 3.11. The molecule has 0 saturated carbocycles. The fraction of sp³-hybridized carbons (Fsp3) is 0.125. The predicted molar refractivity (Wildman–Crippen MR) is 51.7 cm³/mol. The minimum atomic E-state index is -0.247. The number of hydrogen-bond donors (Lipinski definition) is 1. The molecule has 2 aromatic rings. The summed E-state index contributed by atoms with van der Waals surface area (Å²) in [7, 11) is 0. The van der Waals surface area contributed by atoms with Crippen LogP contribution in [-0.4, -0.2) is 19.5 Å². The van der Waals surface area contributed by atoms with Crippen LogP contribution in [0.2, 0.25) is 5.15 Å². The maximum atomic E-state index is 11.3. The molecule has 0 spiro atoms. The van der Waals surface area contributed by atoms with Gasteiger partial charge in [0, 0.05) is 18.0 Å². The molecule has 14 heavy (non-hydrogen) atoms. The molecule has 0 fully saturated rings. The third kappa shape index (κ3) is 1.31. The molecule has 0 unspecified atom stereocenters. The number of aromatic amines is 1. The van der Waals surface area contributed by atoms with Crippen LogP contribution in [0.3, 0.4) is 0 Å². The van der Waals surface area contributed by atoms with E-state index in [2.05, 4.69) is 15.0 Å². The van der Waals surface area contributed by atoms with E-state index in [0.717, 1.165) is 0 Å². The molecule has 2 rings (SSSR count). The van der Waals surface area contributed by atoms with Gasteiger partial charge in [-0.1, -0.05) is 11.6 Å². The van der Waals surface area contributed by atoms with Gasteiger partial charge in [0.25, 0.3) is 0 Å². The van der Waals surface area contributed by atoms with Gasteiger partial charge in [0.05, 0.1) is 0 Å². The monoisotopic (exact) mass is 210 g/mol. The lowest BCUT2D eigenvalue weighted by Gasteiger charge is -2.03. The van der Waals surface area contributed by atoms with Crippen LogP contribution in [0.25, 0.3) is 5.82 Å². The van der Waals surface area contributed by atoms with Crippen molar-refractivity contribution in [2.45, 2.75) is 6.92 Å². The molecule has 5 nitrogen and oxygen atoms in total. The lowest BCUT2D eigenvalue weighted by Crippen LogP contribution is -2.16. The minimum absolute atomic E-state index is 0.247. The second kappa shape index (κ2) is 3.26. The molecular weight excluding hydrogens is 204 g/mol. The van der Waals surface area contributed by atoms with Gasteiger partial charge in [0.15, 0.2) is 0 Å². The number of halogens is 1. The van der Waals surface area contributed by atoms with Gasteiger partial charge in [0.2, 0.25) is 0 Å². The number of nitrogens with zero attached hydrogens (tertiary/aromatic N) is 3. The Hall–Kier alpha value is -1.62. The fourth-order valence-electron chi connectivity index (χ4n) is 1.15. The van der Waals surface area contributed by atoms with Gasteiger partial charge in [-0.15, -0.1) is 0 Å². The maximum Gasteiger partial charge on any atom is 0.331 e. The largest absolute Gasteiger partial charge is 0.331 e. The number of aromatic nitrogens is 4. The average Bonchev–Trinajstić information content (AvgIpc) is 2.57. The Labute approximate surface area is 84.4 Å². The molecule has 0 aliphatic carbocycles. The van der Waals surface area contributed by atoms with Gasteiger partial charge >= 0.3 is 5.69 Å². The molecule has 0 aliphatic rings. The van der Waals surface area contributed by atoms with E-state index >= 15 is 0 Å². The maximum absolute atomic E-state index is 11.3. The van der Waals surface area contributed by atoms with E-state index in [4.69, 9.17) is 11.6 Å². The van der Waals surface area contributed by atoms with Crippen LogP contribution >= 0.6 is 11.6 Å². The Kier molecular flexibility index (Phi) is 2.09. The molecule has 1 N–H and O–H groups in total. The topological polar surface area (TPSA) is 63.6 Å². The summed E-state index contributed by atoms with van der Waals surface area (Å²) in [6.45, 7) is 1.76. The van der Waals surface area contributed by atoms with E-state index < -0.39 is 0 Å². The van der Waals surface area contributed by atoms with Crippen molar-refractivity contribution < 1.29 is 0 Å². The van der Waals surface area contributed by atoms with Crippen LogP contribution in [-0.2, 0) is 0 Å². The summed E-state index contributed by atoms with van der Waals surface area (Å²) in [5.41, 5.74) is 0.429. The highest BCUT2D eigenvalue weighted by molar-refractivity contribution is 6.30. The van der Waals surface area contributed by atoms with E-state index in [1.165, 1.54) is 17.1 Å². The van der Waals surface area contributed by atoms with Crippen molar-refractivity contribution in [3.05, 3.63) is 39.9 Å². The van der Waals surface area contributed by atoms with Crippen LogP contribution in [0.5, 0.6) is 0 Å². The van der Waals surface area contributed by atoms with Crippen molar-refractivity contribution >= 4 is 11.6 Å². The highest BCUT2D eigenvalue weighted by atomic mass is 35.5. The molecule has 2 heterocycles. The van der Waals surface area contributed by atoms with Crippen LogP contribution in [0, 0.1) is 6.92 Å². The Balaban J connectivity index is 2.69. The predicted octanol–water partition coefficient (Wildman–Crippen LogP) is 0.917. The quantitative estimate of drug-likeness (QED) is 0.712. The molecular formula is C8H7ClN4O. The minimum Gasteiger partial charge on any atom is -0.312 e. The van der Waals surface area contributed by atoms with Crippen molar-refractivity contribution in [1.82, 2.24) is 19.5 Å². The summed E-state index contributed by atoms with van der Waals surface area (Å²) in [6, 6.07) is 0. The lowest BCUT2D eigenvalue weighted by atomic mass is 10.3. The molecule has 0 amide bonds. The van der Waals surface area contributed by atoms with Crippen LogP contribution in [0.15, 0.2) is 23.5 Å². The Morgan fingerprint density at radius 3 is 2.93 bits per heavy atom. The number of rotatable bonds is 1. The van der Waals surface area contributed by atoms with E-state index in [9.17, 15) is 4.79 Å². The van der Waals surface area contributed by atoms with Gasteiger partial charge in [-0.3, -0.25) is 4.57 Å². The molecule has 0 radical (unpaired) electrons. The first-order valence-corrected chi connectivity index (χ1v) is 4.31. The summed E-state index contributed by atoms with van der Waals surface area (Å²) in [6.07, 6.45) is 4.45. The number of H-pyrrole nitrogens is 1. The van der Waals surface area contributed by atoms with Gasteiger partial charge in [-0.25, -0.2) is 14.8 Å². The third-order valence-corrected chi connectivity index (χ3v) is 2.25. The van der Waals surface area contributed by atoms with Gasteiger partial charge < -0.3 is 4.98 Å². The smallest absolute Gasteiger partial charge is 0.312 e. The van der Waals surface area contributed by atoms with Crippen LogP contribution < -0.4 is 5.69 Å². The zero-order valence-corrected chi connectivity index (χ0v) is 8.12. The standard InChI is InChI=1S/C8H7ClN4O/c1-5-6(9)11-4-12-7(5)13-3-2-10-8(13)14/h2-4H,1H3,(H,10,14). The number of hydrogen-bond acceptors (Lipinski definition) is 3. The van der Waals surface area contributed by atoms with E-state index in [0.29, 0.717) is 16.5 Å². The SMILES string of the molecule is Cc1c(Cl)ncnc1-n1cc[nH]c1=O. The van der Waals surface area contributed by atoms with Crippen LogP contribution in [0.1, 0.15) is 5.56 Å². The summed E-state index contributed by atoms with van der Waals surface area (Å²) in [4.78, 5) is 21.6. The van der Waals surface area contributed by atoms with Crippen molar-refractivity contribution in [1.29, 1.82) is 0 Å². The zero-order valence-electron chi connectivity index (χ0n) is 7.36. The molecule has 0 saturated heterocycles. The first-order valence-electron chi connectivity index (χ1n) is 3.93.